The molecule has 2 saturated heterocycles. The molecule has 0 unspecified atom stereocenters. The second kappa shape index (κ2) is 6.82. The van der Waals surface area contributed by atoms with Crippen LogP contribution in [-0.2, 0) is 14.2 Å². The van der Waals surface area contributed by atoms with E-state index in [0.717, 1.165) is 0 Å². The maximum Gasteiger partial charge on any atom is 0.187 e. The van der Waals surface area contributed by atoms with Crippen LogP contribution in [0.1, 0.15) is 13.3 Å². The number of ether oxygens (including phenoxy) is 3. The zero-order valence-corrected chi connectivity index (χ0v) is 11.5. The van der Waals surface area contributed by atoms with E-state index in [0.29, 0.717) is 0 Å². The summed E-state index contributed by atoms with van der Waals surface area (Å²) in [6.07, 6.45) is -10.9. The van der Waals surface area contributed by atoms with Crippen LogP contribution in [0.4, 0.5) is 0 Å². The van der Waals surface area contributed by atoms with E-state index in [-0.39, 0.29) is 13.0 Å². The highest BCUT2D eigenvalue weighted by molar-refractivity contribution is 4.89. The third kappa shape index (κ3) is 3.52. The van der Waals surface area contributed by atoms with Gasteiger partial charge in [0.1, 0.15) is 24.4 Å². The summed E-state index contributed by atoms with van der Waals surface area (Å²) in [5.41, 5.74) is 0. The van der Waals surface area contributed by atoms with Gasteiger partial charge in [-0.1, -0.05) is 0 Å². The lowest BCUT2D eigenvalue weighted by Crippen LogP contribution is -2.60. The second-order valence-electron chi connectivity index (χ2n) is 5.42. The molecule has 2 aliphatic heterocycles. The maximum atomic E-state index is 9.92. The largest absolute Gasteiger partial charge is 0.394 e. The topological polar surface area (TPSA) is 149 Å². The molecular weight excluding hydrogens is 288 g/mol. The Kier molecular flexibility index (Phi) is 5.52. The van der Waals surface area contributed by atoms with Crippen LogP contribution in [0.5, 0.6) is 0 Å². The number of aliphatic hydroxyl groups excluding tert-OH is 6. The van der Waals surface area contributed by atoms with E-state index in [4.69, 9.17) is 19.3 Å². The van der Waals surface area contributed by atoms with E-state index < -0.39 is 55.3 Å². The quantitative estimate of drug-likeness (QED) is 0.314. The van der Waals surface area contributed by atoms with E-state index in [9.17, 15) is 25.5 Å². The van der Waals surface area contributed by atoms with E-state index in [1.165, 1.54) is 6.92 Å². The molecule has 2 fully saturated rings. The predicted molar refractivity (Wildman–Crippen MR) is 65.8 cm³/mol. The van der Waals surface area contributed by atoms with Crippen molar-refractivity contribution in [1.29, 1.82) is 0 Å². The van der Waals surface area contributed by atoms with Crippen LogP contribution in [0, 0.1) is 0 Å². The lowest BCUT2D eigenvalue weighted by atomic mass is 9.99. The van der Waals surface area contributed by atoms with Gasteiger partial charge in [-0.15, -0.1) is 0 Å². The van der Waals surface area contributed by atoms with Crippen LogP contribution in [-0.4, -0.2) is 92.6 Å². The Morgan fingerprint density at radius 3 is 2.24 bits per heavy atom. The molecule has 0 amide bonds. The Morgan fingerprint density at radius 1 is 1.00 bits per heavy atom. The minimum Gasteiger partial charge on any atom is -0.394 e. The highest BCUT2D eigenvalue weighted by atomic mass is 16.7. The van der Waals surface area contributed by atoms with Crippen LogP contribution in [0.3, 0.4) is 0 Å². The van der Waals surface area contributed by atoms with Crippen molar-refractivity contribution in [3.63, 3.8) is 0 Å². The Labute approximate surface area is 121 Å². The van der Waals surface area contributed by atoms with Gasteiger partial charge in [0.05, 0.1) is 24.9 Å². The smallest absolute Gasteiger partial charge is 0.187 e. The van der Waals surface area contributed by atoms with Crippen molar-refractivity contribution in [3.8, 4) is 0 Å². The number of rotatable bonds is 3. The molecule has 9 atom stereocenters. The molecule has 0 aliphatic carbocycles. The number of hydrogen-bond acceptors (Lipinski definition) is 9. The molecule has 0 saturated carbocycles. The highest BCUT2D eigenvalue weighted by Crippen LogP contribution is 2.27. The molecule has 0 aromatic rings. The van der Waals surface area contributed by atoms with Crippen LogP contribution < -0.4 is 0 Å². The zero-order chi connectivity index (χ0) is 15.7. The number of hydrogen-bond donors (Lipinski definition) is 6. The van der Waals surface area contributed by atoms with Gasteiger partial charge in [-0.2, -0.15) is 0 Å². The molecule has 0 spiro atoms. The van der Waals surface area contributed by atoms with Gasteiger partial charge in [0, 0.05) is 6.42 Å². The zero-order valence-electron chi connectivity index (χ0n) is 11.5. The minimum absolute atomic E-state index is 0.0434. The van der Waals surface area contributed by atoms with Gasteiger partial charge < -0.3 is 44.8 Å². The fourth-order valence-corrected chi connectivity index (χ4v) is 2.48. The van der Waals surface area contributed by atoms with Crippen molar-refractivity contribution in [2.24, 2.45) is 0 Å². The van der Waals surface area contributed by atoms with Crippen molar-refractivity contribution in [2.75, 3.05) is 6.61 Å². The first kappa shape index (κ1) is 17.0. The Bertz CT molecular complexity index is 329. The summed E-state index contributed by atoms with van der Waals surface area (Å²) in [5, 5.41) is 57.7. The van der Waals surface area contributed by atoms with Gasteiger partial charge in [0.2, 0.25) is 0 Å². The first-order valence-corrected chi connectivity index (χ1v) is 6.82. The maximum absolute atomic E-state index is 9.92. The van der Waals surface area contributed by atoms with Crippen molar-refractivity contribution < 1.29 is 44.8 Å². The van der Waals surface area contributed by atoms with Crippen molar-refractivity contribution in [1.82, 2.24) is 0 Å². The summed E-state index contributed by atoms with van der Waals surface area (Å²) in [6, 6.07) is 0. The number of aliphatic hydroxyl groups is 6. The van der Waals surface area contributed by atoms with Crippen LogP contribution in [0.25, 0.3) is 0 Å². The first-order valence-electron chi connectivity index (χ1n) is 6.82. The third-order valence-electron chi connectivity index (χ3n) is 3.80. The summed E-state index contributed by atoms with van der Waals surface area (Å²) < 4.78 is 15.6. The normalized spacial score (nSPS) is 51.9. The average Bonchev–Trinajstić information content (AvgIpc) is 2.45. The fourth-order valence-electron chi connectivity index (χ4n) is 2.48. The van der Waals surface area contributed by atoms with E-state index in [2.05, 4.69) is 0 Å². The molecule has 0 aromatic heterocycles. The minimum atomic E-state index is -1.54. The Morgan fingerprint density at radius 2 is 1.67 bits per heavy atom. The molecule has 2 rings (SSSR count). The molecule has 124 valence electrons. The van der Waals surface area contributed by atoms with E-state index in [1.54, 1.807) is 0 Å². The molecule has 21 heavy (non-hydrogen) atoms. The summed E-state index contributed by atoms with van der Waals surface area (Å²) in [5.74, 6) is 0. The van der Waals surface area contributed by atoms with Crippen molar-refractivity contribution in [2.45, 2.75) is 68.7 Å². The van der Waals surface area contributed by atoms with Crippen molar-refractivity contribution >= 4 is 0 Å². The summed E-state index contributed by atoms with van der Waals surface area (Å²) >= 11 is 0. The molecule has 2 heterocycles. The van der Waals surface area contributed by atoms with E-state index >= 15 is 0 Å². The Balaban J connectivity index is 2.00. The molecular formula is C12H22O9. The standard InChI is InChI=1S/C12H22O9/c1-4-7(15)8(16)9(17)12(19-4)21-10-6(14)2-5(3-13)20-11(10)18/h4-18H,2-3H2,1H3/t4-,5-,6-,7-,8+,9+,10+,11-,12-/m0/s1. The lowest BCUT2D eigenvalue weighted by Gasteiger charge is -2.43. The third-order valence-corrected chi connectivity index (χ3v) is 3.80. The summed E-state index contributed by atoms with van der Waals surface area (Å²) in [4.78, 5) is 0. The van der Waals surface area contributed by atoms with Gasteiger partial charge in [0.25, 0.3) is 0 Å². The summed E-state index contributed by atoms with van der Waals surface area (Å²) in [7, 11) is 0. The molecule has 0 radical (unpaired) electrons. The average molecular weight is 310 g/mol. The monoisotopic (exact) mass is 310 g/mol. The van der Waals surface area contributed by atoms with Gasteiger partial charge in [0.15, 0.2) is 12.6 Å². The second-order valence-corrected chi connectivity index (χ2v) is 5.42. The SMILES string of the molecule is C[C@@H]1O[C@@H](O[C@@H]2[C@@H](O)C[C@@H](CO)O[C@@H]2O)[C@H](O)[C@H](O)[C@H]1O. The van der Waals surface area contributed by atoms with Gasteiger partial charge in [-0.3, -0.25) is 0 Å². The molecule has 9 nitrogen and oxygen atoms in total. The van der Waals surface area contributed by atoms with Crippen molar-refractivity contribution in [3.05, 3.63) is 0 Å². The molecule has 0 bridgehead atoms. The molecule has 0 aromatic carbocycles. The molecule has 2 aliphatic rings. The fraction of sp³-hybridized carbons (Fsp3) is 1.00. The lowest BCUT2D eigenvalue weighted by molar-refractivity contribution is -0.347. The molecule has 6 N–H and O–H groups in total. The molecule has 9 heteroatoms. The Hall–Kier alpha value is -0.360. The van der Waals surface area contributed by atoms with Crippen LogP contribution in [0.15, 0.2) is 0 Å². The van der Waals surface area contributed by atoms with Gasteiger partial charge >= 0.3 is 0 Å². The van der Waals surface area contributed by atoms with E-state index in [1.807, 2.05) is 0 Å². The highest BCUT2D eigenvalue weighted by Gasteiger charge is 2.46. The summed E-state index contributed by atoms with van der Waals surface area (Å²) in [6.45, 7) is 1.13. The van der Waals surface area contributed by atoms with Gasteiger partial charge in [-0.25, -0.2) is 0 Å². The van der Waals surface area contributed by atoms with Crippen LogP contribution >= 0.6 is 0 Å². The van der Waals surface area contributed by atoms with Crippen LogP contribution in [0.2, 0.25) is 0 Å². The first-order chi connectivity index (χ1) is 9.85. The predicted octanol–water partition coefficient (Wildman–Crippen LogP) is -3.34. The van der Waals surface area contributed by atoms with Gasteiger partial charge in [-0.05, 0) is 6.92 Å².